The maximum absolute atomic E-state index is 9.65. The summed E-state index contributed by atoms with van der Waals surface area (Å²) in [6.07, 6.45) is 0. The number of rotatable bonds is 2. The van der Waals surface area contributed by atoms with Crippen LogP contribution < -0.4 is 5.73 Å². The Kier molecular flexibility index (Phi) is 6.67. The van der Waals surface area contributed by atoms with Crippen molar-refractivity contribution < 1.29 is 15.0 Å². The van der Waals surface area contributed by atoms with Crippen LogP contribution in [0.3, 0.4) is 0 Å². The lowest BCUT2D eigenvalue weighted by molar-refractivity contribution is -0.139. The first-order chi connectivity index (χ1) is 3.18. The molecule has 1 atom stereocenters. The third-order valence-electron chi connectivity index (χ3n) is 0.514. The van der Waals surface area contributed by atoms with Gasteiger partial charge in [0.1, 0.15) is 6.04 Å². The number of nitrogens with two attached hydrogens (primary N) is 1. The molecule has 47 valence electrons. The summed E-state index contributed by atoms with van der Waals surface area (Å²) < 4.78 is 0. The van der Waals surface area contributed by atoms with E-state index in [9.17, 15) is 4.79 Å². The summed E-state index contributed by atoms with van der Waals surface area (Å²) in [6, 6.07) is -1.13. The average Bonchev–Trinajstić information content (AvgIpc) is 1.65. The van der Waals surface area contributed by atoms with E-state index in [4.69, 9.17) is 15.9 Å². The van der Waals surface area contributed by atoms with Crippen molar-refractivity contribution in [3.63, 3.8) is 0 Å². The topological polar surface area (TPSA) is 83.5 Å². The fourth-order valence-corrected chi connectivity index (χ4v) is 0.0781. The molecular formula is C3H7NO3P. The summed E-state index contributed by atoms with van der Waals surface area (Å²) in [4.78, 5) is 9.65. The lowest BCUT2D eigenvalue weighted by Gasteiger charge is -1.96. The van der Waals surface area contributed by atoms with E-state index >= 15 is 0 Å². The molecule has 3 radical (unpaired) electrons. The number of hydrogen-bond donors (Lipinski definition) is 3. The van der Waals surface area contributed by atoms with Crippen molar-refractivity contribution in [3.05, 3.63) is 0 Å². The van der Waals surface area contributed by atoms with Crippen LogP contribution in [0.5, 0.6) is 0 Å². The minimum Gasteiger partial charge on any atom is -0.480 e. The maximum Gasteiger partial charge on any atom is 0.322 e. The van der Waals surface area contributed by atoms with Crippen molar-refractivity contribution in [1.29, 1.82) is 0 Å². The summed E-state index contributed by atoms with van der Waals surface area (Å²) in [5.41, 5.74) is 4.77. The standard InChI is InChI=1S/C3H7NO3.P/c4-2(1-5)3(6)7;/h2,5H,1,4H2,(H,6,7);/t2-;/m0./s1. The van der Waals surface area contributed by atoms with Gasteiger partial charge in [-0.05, 0) is 0 Å². The first-order valence-electron chi connectivity index (χ1n) is 1.77. The van der Waals surface area contributed by atoms with Gasteiger partial charge in [-0.3, -0.25) is 4.79 Å². The van der Waals surface area contributed by atoms with E-state index in [1.54, 1.807) is 0 Å². The van der Waals surface area contributed by atoms with Crippen LogP contribution in [0.15, 0.2) is 0 Å². The molecule has 0 heterocycles. The molecule has 0 spiro atoms. The lowest BCUT2D eigenvalue weighted by Crippen LogP contribution is -2.33. The normalized spacial score (nSPS) is 11.8. The summed E-state index contributed by atoms with van der Waals surface area (Å²) in [5, 5.41) is 15.9. The van der Waals surface area contributed by atoms with Crippen LogP contribution in [0.1, 0.15) is 0 Å². The molecule has 0 aliphatic rings. The Morgan fingerprint density at radius 3 is 2.12 bits per heavy atom. The molecule has 8 heavy (non-hydrogen) atoms. The van der Waals surface area contributed by atoms with Gasteiger partial charge >= 0.3 is 5.97 Å². The highest BCUT2D eigenvalue weighted by Gasteiger charge is 2.06. The van der Waals surface area contributed by atoms with Crippen molar-refractivity contribution in [2.24, 2.45) is 5.73 Å². The number of carboxylic acid groups (broad SMARTS) is 1. The Balaban J connectivity index is 0. The summed E-state index contributed by atoms with van der Waals surface area (Å²) in [5.74, 6) is -1.18. The van der Waals surface area contributed by atoms with E-state index in [1.165, 1.54) is 0 Å². The molecule has 0 saturated carbocycles. The number of aliphatic hydroxyl groups is 1. The van der Waals surface area contributed by atoms with Crippen molar-refractivity contribution >= 4 is 15.9 Å². The van der Waals surface area contributed by atoms with E-state index < -0.39 is 18.6 Å². The van der Waals surface area contributed by atoms with Crippen molar-refractivity contribution in [2.45, 2.75) is 6.04 Å². The van der Waals surface area contributed by atoms with Crippen LogP contribution in [0.25, 0.3) is 0 Å². The van der Waals surface area contributed by atoms with Crippen molar-refractivity contribution in [1.82, 2.24) is 0 Å². The second-order valence-electron chi connectivity index (χ2n) is 1.13. The molecule has 0 aromatic rings. The zero-order valence-electron chi connectivity index (χ0n) is 4.11. The van der Waals surface area contributed by atoms with Crippen LogP contribution in [0, 0.1) is 0 Å². The van der Waals surface area contributed by atoms with E-state index in [-0.39, 0.29) is 9.90 Å². The number of carbonyl (C=O) groups is 1. The molecule has 0 rings (SSSR count). The predicted octanol–water partition coefficient (Wildman–Crippen LogP) is -0.748. The largest absolute Gasteiger partial charge is 0.480 e. The first-order valence-corrected chi connectivity index (χ1v) is 1.77. The molecule has 0 aliphatic heterocycles. The van der Waals surface area contributed by atoms with Gasteiger partial charge in [0.2, 0.25) is 0 Å². The first kappa shape index (κ1) is 10.7. The zero-order chi connectivity index (χ0) is 5.86. The minimum absolute atomic E-state index is 0. The van der Waals surface area contributed by atoms with Gasteiger partial charge in [-0.1, -0.05) is 0 Å². The van der Waals surface area contributed by atoms with Gasteiger partial charge < -0.3 is 15.9 Å². The van der Waals surface area contributed by atoms with Gasteiger partial charge in [0.25, 0.3) is 0 Å². The van der Waals surface area contributed by atoms with Gasteiger partial charge in [0, 0.05) is 9.90 Å². The monoisotopic (exact) mass is 136 g/mol. The molecule has 4 N–H and O–H groups in total. The zero-order valence-corrected chi connectivity index (χ0v) is 5.01. The molecule has 0 saturated heterocycles. The van der Waals surface area contributed by atoms with Crippen LogP contribution >= 0.6 is 9.90 Å². The summed E-state index contributed by atoms with van der Waals surface area (Å²) >= 11 is 0. The lowest BCUT2D eigenvalue weighted by atomic mass is 10.3. The molecule has 5 heteroatoms. The number of hydrogen-bond acceptors (Lipinski definition) is 3. The molecular weight excluding hydrogens is 129 g/mol. The van der Waals surface area contributed by atoms with E-state index in [0.29, 0.717) is 0 Å². The van der Waals surface area contributed by atoms with Gasteiger partial charge in [-0.2, -0.15) is 0 Å². The molecule has 4 nitrogen and oxygen atoms in total. The maximum atomic E-state index is 9.65. The highest BCUT2D eigenvalue weighted by molar-refractivity contribution is 6.92. The molecule has 0 bridgehead atoms. The van der Waals surface area contributed by atoms with Gasteiger partial charge in [-0.15, -0.1) is 0 Å². The molecule has 0 aliphatic carbocycles. The van der Waals surface area contributed by atoms with E-state index in [1.807, 2.05) is 0 Å². The van der Waals surface area contributed by atoms with Crippen LogP contribution in [-0.4, -0.2) is 28.8 Å². The Morgan fingerprint density at radius 2 is 2.12 bits per heavy atom. The van der Waals surface area contributed by atoms with E-state index in [2.05, 4.69) is 0 Å². The third kappa shape index (κ3) is 3.99. The number of carboxylic acids is 1. The van der Waals surface area contributed by atoms with Gasteiger partial charge in [0.15, 0.2) is 0 Å². The number of aliphatic carboxylic acids is 1. The van der Waals surface area contributed by atoms with Crippen molar-refractivity contribution in [3.8, 4) is 0 Å². The number of aliphatic hydroxyl groups excluding tert-OH is 1. The summed E-state index contributed by atoms with van der Waals surface area (Å²) in [6.45, 7) is -0.505. The summed E-state index contributed by atoms with van der Waals surface area (Å²) in [7, 11) is 0. The second-order valence-corrected chi connectivity index (χ2v) is 1.13. The fraction of sp³-hybridized carbons (Fsp3) is 0.667. The Hall–Kier alpha value is -0.180. The highest BCUT2D eigenvalue weighted by Crippen LogP contribution is 1.71. The van der Waals surface area contributed by atoms with E-state index in [0.717, 1.165) is 0 Å². The molecule has 0 fully saturated rings. The van der Waals surface area contributed by atoms with Crippen LogP contribution in [0.2, 0.25) is 0 Å². The van der Waals surface area contributed by atoms with Gasteiger partial charge in [0.05, 0.1) is 6.61 Å². The second kappa shape index (κ2) is 4.97. The van der Waals surface area contributed by atoms with Crippen molar-refractivity contribution in [2.75, 3.05) is 6.61 Å². The predicted molar refractivity (Wildman–Crippen MR) is 29.6 cm³/mol. The van der Waals surface area contributed by atoms with Gasteiger partial charge in [-0.25, -0.2) is 0 Å². The Labute approximate surface area is 50.3 Å². The van der Waals surface area contributed by atoms with Crippen LogP contribution in [-0.2, 0) is 4.79 Å². The third-order valence-corrected chi connectivity index (χ3v) is 0.514. The fourth-order valence-electron chi connectivity index (χ4n) is 0.0781. The Morgan fingerprint density at radius 1 is 1.75 bits per heavy atom. The average molecular weight is 136 g/mol. The smallest absolute Gasteiger partial charge is 0.322 e. The highest BCUT2D eigenvalue weighted by atomic mass is 31.0. The SMILES string of the molecule is N[C@@H](CO)C(=O)O.[P]. The minimum atomic E-state index is -1.18. The molecule has 0 amide bonds. The molecule has 0 unspecified atom stereocenters. The quantitative estimate of drug-likeness (QED) is 0.436. The van der Waals surface area contributed by atoms with Crippen LogP contribution in [0.4, 0.5) is 0 Å². The molecule has 0 aromatic heterocycles. The molecule has 0 aromatic carbocycles. The Bertz CT molecular complexity index is 76.9.